The molecule has 0 aliphatic carbocycles. The maximum absolute atomic E-state index is 11.6. The number of hydrogen-bond acceptors (Lipinski definition) is 4. The molecule has 1 aromatic heterocycles. The molecule has 1 amide bonds. The summed E-state index contributed by atoms with van der Waals surface area (Å²) >= 11 is 3.06. The van der Waals surface area contributed by atoms with Crippen molar-refractivity contribution in [1.82, 2.24) is 5.32 Å². The van der Waals surface area contributed by atoms with Gasteiger partial charge >= 0.3 is 5.97 Å². The first-order valence-corrected chi connectivity index (χ1v) is 7.44. The van der Waals surface area contributed by atoms with Crippen molar-refractivity contribution in [2.45, 2.75) is 18.9 Å². The summed E-state index contributed by atoms with van der Waals surface area (Å²) in [4.78, 5) is 23.5. The van der Waals surface area contributed by atoms with E-state index in [1.54, 1.807) is 11.8 Å². The lowest BCUT2D eigenvalue weighted by atomic mass is 10.2. The van der Waals surface area contributed by atoms with Gasteiger partial charge in [-0.15, -0.1) is 11.3 Å². The van der Waals surface area contributed by atoms with Crippen molar-refractivity contribution in [2.75, 3.05) is 12.0 Å². The van der Waals surface area contributed by atoms with Gasteiger partial charge in [0.1, 0.15) is 6.04 Å². The summed E-state index contributed by atoms with van der Waals surface area (Å²) in [5.41, 5.74) is 0. The molecule has 1 aromatic rings. The molecule has 0 aliphatic heterocycles. The Labute approximate surface area is 108 Å². The van der Waals surface area contributed by atoms with E-state index in [0.717, 1.165) is 10.6 Å². The molecule has 17 heavy (non-hydrogen) atoms. The first kappa shape index (κ1) is 14.1. The van der Waals surface area contributed by atoms with Crippen molar-refractivity contribution < 1.29 is 14.7 Å². The molecule has 0 saturated carbocycles. The minimum Gasteiger partial charge on any atom is -0.480 e. The summed E-state index contributed by atoms with van der Waals surface area (Å²) in [6, 6.07) is 2.95. The molecule has 0 bridgehead atoms. The van der Waals surface area contributed by atoms with E-state index in [0.29, 0.717) is 6.42 Å². The lowest BCUT2D eigenvalue weighted by Gasteiger charge is -2.13. The predicted molar refractivity (Wildman–Crippen MR) is 70.6 cm³/mol. The van der Waals surface area contributed by atoms with Crippen LogP contribution < -0.4 is 5.32 Å². The Kier molecular flexibility index (Phi) is 6.07. The van der Waals surface area contributed by atoms with Gasteiger partial charge in [-0.05, 0) is 29.9 Å². The van der Waals surface area contributed by atoms with Crippen LogP contribution in [0.3, 0.4) is 0 Å². The normalized spacial score (nSPS) is 12.1. The third-order valence-corrected chi connectivity index (χ3v) is 3.68. The molecule has 4 nitrogen and oxygen atoms in total. The lowest BCUT2D eigenvalue weighted by molar-refractivity contribution is -0.141. The monoisotopic (exact) mass is 273 g/mol. The van der Waals surface area contributed by atoms with Crippen LogP contribution >= 0.6 is 23.1 Å². The Morgan fingerprint density at radius 3 is 2.88 bits per heavy atom. The Balaban J connectivity index is 2.43. The number of carbonyl (C=O) groups is 2. The number of rotatable bonds is 7. The minimum absolute atomic E-state index is 0.235. The molecule has 1 atom stereocenters. The van der Waals surface area contributed by atoms with Crippen molar-refractivity contribution in [3.8, 4) is 0 Å². The Bertz CT molecular complexity index is 365. The SMILES string of the molecule is CSCC[C@H](NC(=O)Cc1cccs1)C(=O)O. The number of amides is 1. The van der Waals surface area contributed by atoms with E-state index in [4.69, 9.17) is 5.11 Å². The summed E-state index contributed by atoms with van der Waals surface area (Å²) in [7, 11) is 0. The van der Waals surface area contributed by atoms with Crippen molar-refractivity contribution >= 4 is 35.0 Å². The van der Waals surface area contributed by atoms with Gasteiger partial charge in [-0.3, -0.25) is 4.79 Å². The molecule has 0 aliphatic rings. The molecule has 2 N–H and O–H groups in total. The van der Waals surface area contributed by atoms with E-state index in [-0.39, 0.29) is 12.3 Å². The van der Waals surface area contributed by atoms with Crippen LogP contribution in [0.4, 0.5) is 0 Å². The van der Waals surface area contributed by atoms with Crippen LogP contribution in [-0.2, 0) is 16.0 Å². The predicted octanol–water partition coefficient (Wildman–Crippen LogP) is 1.61. The van der Waals surface area contributed by atoms with Crippen LogP contribution in [0.25, 0.3) is 0 Å². The van der Waals surface area contributed by atoms with E-state index in [1.165, 1.54) is 11.3 Å². The van der Waals surface area contributed by atoms with Crippen molar-refractivity contribution in [3.05, 3.63) is 22.4 Å². The van der Waals surface area contributed by atoms with Gasteiger partial charge in [-0.25, -0.2) is 4.79 Å². The number of carboxylic acid groups (broad SMARTS) is 1. The molecule has 0 saturated heterocycles. The number of aliphatic carboxylic acids is 1. The van der Waals surface area contributed by atoms with Crippen molar-refractivity contribution in [1.29, 1.82) is 0 Å². The van der Waals surface area contributed by atoms with Gasteiger partial charge in [0.2, 0.25) is 5.91 Å². The van der Waals surface area contributed by atoms with Crippen LogP contribution in [0.1, 0.15) is 11.3 Å². The molecular weight excluding hydrogens is 258 g/mol. The molecule has 1 rings (SSSR count). The van der Waals surface area contributed by atoms with E-state index >= 15 is 0 Å². The summed E-state index contributed by atoms with van der Waals surface area (Å²) in [5, 5.41) is 13.4. The highest BCUT2D eigenvalue weighted by atomic mass is 32.2. The third kappa shape index (κ3) is 5.23. The Hall–Kier alpha value is -1.01. The molecular formula is C11H15NO3S2. The van der Waals surface area contributed by atoms with Crippen molar-refractivity contribution in [2.24, 2.45) is 0 Å². The van der Waals surface area contributed by atoms with Gasteiger partial charge in [0, 0.05) is 4.88 Å². The summed E-state index contributed by atoms with van der Waals surface area (Å²) in [6.07, 6.45) is 2.61. The minimum atomic E-state index is -0.974. The Morgan fingerprint density at radius 1 is 1.59 bits per heavy atom. The van der Waals surface area contributed by atoms with Crippen LogP contribution in [0.2, 0.25) is 0 Å². The molecule has 6 heteroatoms. The zero-order valence-corrected chi connectivity index (χ0v) is 11.1. The quantitative estimate of drug-likeness (QED) is 0.792. The van der Waals surface area contributed by atoms with Gasteiger partial charge < -0.3 is 10.4 Å². The second-order valence-electron chi connectivity index (χ2n) is 3.50. The highest BCUT2D eigenvalue weighted by Gasteiger charge is 2.19. The zero-order chi connectivity index (χ0) is 12.7. The number of thiophene rings is 1. The maximum Gasteiger partial charge on any atom is 0.326 e. The smallest absolute Gasteiger partial charge is 0.326 e. The average molecular weight is 273 g/mol. The molecule has 94 valence electrons. The summed E-state index contributed by atoms with van der Waals surface area (Å²) in [6.45, 7) is 0. The number of nitrogens with one attached hydrogen (secondary N) is 1. The van der Waals surface area contributed by atoms with Gasteiger partial charge in [-0.1, -0.05) is 6.07 Å². The number of hydrogen-bond donors (Lipinski definition) is 2. The molecule has 0 spiro atoms. The Morgan fingerprint density at radius 2 is 2.35 bits per heavy atom. The number of carboxylic acids is 1. The molecule has 0 unspecified atom stereocenters. The fourth-order valence-electron chi connectivity index (χ4n) is 1.31. The van der Waals surface area contributed by atoms with Crippen LogP contribution in [0.15, 0.2) is 17.5 Å². The van der Waals surface area contributed by atoms with Gasteiger partial charge in [0.05, 0.1) is 6.42 Å². The average Bonchev–Trinajstić information content (AvgIpc) is 2.76. The first-order chi connectivity index (χ1) is 8.13. The first-order valence-electron chi connectivity index (χ1n) is 5.17. The molecule has 1 heterocycles. The van der Waals surface area contributed by atoms with E-state index in [9.17, 15) is 9.59 Å². The van der Waals surface area contributed by atoms with E-state index in [2.05, 4.69) is 5.32 Å². The number of carbonyl (C=O) groups excluding carboxylic acids is 1. The highest BCUT2D eigenvalue weighted by molar-refractivity contribution is 7.98. The van der Waals surface area contributed by atoms with Gasteiger partial charge in [0.15, 0.2) is 0 Å². The summed E-state index contributed by atoms with van der Waals surface area (Å²) < 4.78 is 0. The molecule has 0 aromatic carbocycles. The fraction of sp³-hybridized carbons (Fsp3) is 0.455. The van der Waals surface area contributed by atoms with Crippen molar-refractivity contribution in [3.63, 3.8) is 0 Å². The maximum atomic E-state index is 11.6. The second kappa shape index (κ2) is 7.34. The zero-order valence-electron chi connectivity index (χ0n) is 9.51. The van der Waals surface area contributed by atoms with E-state index in [1.807, 2.05) is 23.8 Å². The summed E-state index contributed by atoms with van der Waals surface area (Å²) in [5.74, 6) is -0.490. The molecule has 0 radical (unpaired) electrons. The number of thioether (sulfide) groups is 1. The lowest BCUT2D eigenvalue weighted by Crippen LogP contribution is -2.41. The third-order valence-electron chi connectivity index (χ3n) is 2.16. The molecule has 0 fully saturated rings. The fourth-order valence-corrected chi connectivity index (χ4v) is 2.48. The topological polar surface area (TPSA) is 66.4 Å². The highest BCUT2D eigenvalue weighted by Crippen LogP contribution is 2.09. The van der Waals surface area contributed by atoms with Crippen LogP contribution in [0.5, 0.6) is 0 Å². The second-order valence-corrected chi connectivity index (χ2v) is 5.51. The van der Waals surface area contributed by atoms with Crippen LogP contribution in [0, 0.1) is 0 Å². The van der Waals surface area contributed by atoms with E-state index < -0.39 is 12.0 Å². The van der Waals surface area contributed by atoms with Gasteiger partial charge in [-0.2, -0.15) is 11.8 Å². The van der Waals surface area contributed by atoms with Gasteiger partial charge in [0.25, 0.3) is 0 Å². The van der Waals surface area contributed by atoms with Crippen LogP contribution in [-0.4, -0.2) is 35.0 Å². The largest absolute Gasteiger partial charge is 0.480 e. The standard InChI is InChI=1S/C11H15NO3S2/c1-16-6-4-9(11(14)15)12-10(13)7-8-3-2-5-17-8/h2-3,5,9H,4,6-7H2,1H3,(H,12,13)(H,14,15)/t9-/m0/s1.